The number of carbonyl (C=O) groups is 1. The standard InChI is InChI=1S/C6H6Cl6.C2H4.CH2O3/c7-1-2(8)4(10)6(12)5(11)3(1)9;1-2;2-1(3)4/h1-6H;1-2H2;(H2,2,3,4)/t1-,2-,3-,4+,5+,6+;;. The second kappa shape index (κ2) is 10.5. The van der Waals surface area contributed by atoms with Crippen LogP contribution < -0.4 is 0 Å². The summed E-state index contributed by atoms with van der Waals surface area (Å²) in [7, 11) is 0. The Morgan fingerprint density at radius 3 is 0.778 bits per heavy atom. The molecule has 0 aromatic heterocycles. The van der Waals surface area contributed by atoms with Gasteiger partial charge in [-0.3, -0.25) is 0 Å². The van der Waals surface area contributed by atoms with Gasteiger partial charge in [0.25, 0.3) is 0 Å². The van der Waals surface area contributed by atoms with E-state index in [0.29, 0.717) is 0 Å². The molecule has 0 aromatic rings. The third-order valence-electron chi connectivity index (χ3n) is 1.83. The third-order valence-corrected chi connectivity index (χ3v) is 5.86. The van der Waals surface area contributed by atoms with Crippen LogP contribution in [0.25, 0.3) is 0 Å². The fourth-order valence-corrected chi connectivity index (χ4v) is 3.38. The van der Waals surface area contributed by atoms with Gasteiger partial charge < -0.3 is 10.2 Å². The molecular formula is C9H12Cl6O3. The Morgan fingerprint density at radius 1 is 0.667 bits per heavy atom. The summed E-state index contributed by atoms with van der Waals surface area (Å²) in [6.45, 7) is 6.00. The van der Waals surface area contributed by atoms with Crippen LogP contribution in [0.1, 0.15) is 0 Å². The van der Waals surface area contributed by atoms with Crippen molar-refractivity contribution < 1.29 is 15.0 Å². The average Bonchev–Trinajstić information content (AvgIpc) is 2.33. The first kappa shape index (κ1) is 21.1. The van der Waals surface area contributed by atoms with Gasteiger partial charge >= 0.3 is 6.16 Å². The van der Waals surface area contributed by atoms with Gasteiger partial charge in [-0.15, -0.1) is 82.8 Å². The van der Waals surface area contributed by atoms with Crippen molar-refractivity contribution in [3.63, 3.8) is 0 Å². The van der Waals surface area contributed by atoms with Gasteiger partial charge in [0.15, 0.2) is 0 Å². The summed E-state index contributed by atoms with van der Waals surface area (Å²) in [4.78, 5) is 8.56. The van der Waals surface area contributed by atoms with Crippen LogP contribution in [0.2, 0.25) is 0 Å². The van der Waals surface area contributed by atoms with Gasteiger partial charge in [0.1, 0.15) is 0 Å². The first-order valence-corrected chi connectivity index (χ1v) is 7.08. The van der Waals surface area contributed by atoms with E-state index < -0.39 is 38.4 Å². The minimum atomic E-state index is -1.83. The Kier molecular flexibility index (Phi) is 12.3. The molecule has 9 heteroatoms. The normalized spacial score (nSPS) is 38.6. The highest BCUT2D eigenvalue weighted by Gasteiger charge is 2.46. The van der Waals surface area contributed by atoms with E-state index in [9.17, 15) is 0 Å². The highest BCUT2D eigenvalue weighted by molar-refractivity contribution is 6.45. The Hall–Kier alpha value is 0.750. The molecule has 0 bridgehead atoms. The Balaban J connectivity index is 0. The zero-order chi connectivity index (χ0) is 15.0. The lowest BCUT2D eigenvalue weighted by Crippen LogP contribution is -2.52. The maximum Gasteiger partial charge on any atom is 0.503 e. The lowest BCUT2D eigenvalue weighted by atomic mass is 9.97. The van der Waals surface area contributed by atoms with Crippen molar-refractivity contribution >= 4 is 75.8 Å². The molecule has 1 aliphatic rings. The molecule has 0 atom stereocenters. The van der Waals surface area contributed by atoms with Crippen molar-refractivity contribution in [3.8, 4) is 0 Å². The zero-order valence-corrected chi connectivity index (χ0v) is 13.5. The Labute approximate surface area is 136 Å². The lowest BCUT2D eigenvalue weighted by Gasteiger charge is -2.37. The summed E-state index contributed by atoms with van der Waals surface area (Å²) >= 11 is 35.3. The van der Waals surface area contributed by atoms with E-state index in [4.69, 9.17) is 84.6 Å². The molecule has 0 radical (unpaired) electrons. The van der Waals surface area contributed by atoms with E-state index in [1.54, 1.807) is 0 Å². The van der Waals surface area contributed by atoms with Gasteiger partial charge in [-0.05, 0) is 0 Å². The van der Waals surface area contributed by atoms with Crippen LogP contribution in [0.3, 0.4) is 0 Å². The molecule has 2 N–H and O–H groups in total. The van der Waals surface area contributed by atoms with Crippen LogP contribution in [0.5, 0.6) is 0 Å². The third kappa shape index (κ3) is 6.78. The molecule has 0 heterocycles. The number of rotatable bonds is 0. The zero-order valence-electron chi connectivity index (χ0n) is 8.95. The van der Waals surface area contributed by atoms with Gasteiger partial charge in [-0.1, -0.05) is 0 Å². The van der Waals surface area contributed by atoms with E-state index in [-0.39, 0.29) is 0 Å². The summed E-state index contributed by atoms with van der Waals surface area (Å²) in [5, 5.41) is 11.3. The predicted octanol–water partition coefficient (Wildman–Crippen LogP) is 4.67. The summed E-state index contributed by atoms with van der Waals surface area (Å²) in [5.74, 6) is 0. The molecule has 0 saturated heterocycles. The van der Waals surface area contributed by atoms with Crippen LogP contribution in [0.4, 0.5) is 4.79 Å². The summed E-state index contributed by atoms with van der Waals surface area (Å²) in [6.07, 6.45) is -1.83. The number of hydrogen-bond acceptors (Lipinski definition) is 1. The monoisotopic (exact) mass is 378 g/mol. The van der Waals surface area contributed by atoms with Crippen molar-refractivity contribution in [1.82, 2.24) is 0 Å². The largest absolute Gasteiger partial charge is 0.503 e. The smallest absolute Gasteiger partial charge is 0.450 e. The summed E-state index contributed by atoms with van der Waals surface area (Å²) < 4.78 is 0. The number of carboxylic acid groups (broad SMARTS) is 2. The Morgan fingerprint density at radius 2 is 0.722 bits per heavy atom. The summed E-state index contributed by atoms with van der Waals surface area (Å²) in [6, 6.07) is 0. The first-order chi connectivity index (χ1) is 8.20. The van der Waals surface area contributed by atoms with Crippen LogP contribution in [-0.4, -0.2) is 48.6 Å². The predicted molar refractivity (Wildman–Crippen MR) is 79.8 cm³/mol. The van der Waals surface area contributed by atoms with Crippen molar-refractivity contribution in [2.75, 3.05) is 0 Å². The van der Waals surface area contributed by atoms with E-state index >= 15 is 0 Å². The lowest BCUT2D eigenvalue weighted by molar-refractivity contribution is 0.137. The molecule has 1 fully saturated rings. The van der Waals surface area contributed by atoms with Gasteiger partial charge in [-0.25, -0.2) is 4.79 Å². The number of hydrogen-bond donors (Lipinski definition) is 2. The minimum absolute atomic E-state index is 0.437. The van der Waals surface area contributed by atoms with Gasteiger partial charge in [0.05, 0.1) is 32.3 Å². The van der Waals surface area contributed by atoms with Gasteiger partial charge in [-0.2, -0.15) is 0 Å². The quantitative estimate of drug-likeness (QED) is 0.474. The fraction of sp³-hybridized carbons (Fsp3) is 0.667. The molecule has 108 valence electrons. The molecule has 0 aromatic carbocycles. The number of alkyl halides is 6. The van der Waals surface area contributed by atoms with Crippen molar-refractivity contribution in [2.45, 2.75) is 32.3 Å². The van der Waals surface area contributed by atoms with Crippen molar-refractivity contribution in [1.29, 1.82) is 0 Å². The van der Waals surface area contributed by atoms with Crippen LogP contribution in [0.15, 0.2) is 13.2 Å². The molecule has 0 spiro atoms. The SMILES string of the molecule is C=C.Cl[C@H]1[C@H](Cl)[C@@H](Cl)[C@@H](Cl)[C@H](Cl)[C@H]1Cl.O=C(O)O. The molecule has 1 rings (SSSR count). The van der Waals surface area contributed by atoms with Gasteiger partial charge in [0.2, 0.25) is 0 Å². The van der Waals surface area contributed by atoms with E-state index in [1.165, 1.54) is 0 Å². The van der Waals surface area contributed by atoms with Crippen LogP contribution in [0, 0.1) is 0 Å². The van der Waals surface area contributed by atoms with Crippen LogP contribution >= 0.6 is 69.6 Å². The average molecular weight is 381 g/mol. The maximum atomic E-state index is 8.56. The molecule has 3 nitrogen and oxygen atoms in total. The molecule has 0 unspecified atom stereocenters. The highest BCUT2D eigenvalue weighted by Crippen LogP contribution is 2.39. The molecule has 1 saturated carbocycles. The molecule has 0 amide bonds. The van der Waals surface area contributed by atoms with Crippen molar-refractivity contribution in [2.24, 2.45) is 0 Å². The highest BCUT2D eigenvalue weighted by atomic mass is 35.5. The molecule has 18 heavy (non-hydrogen) atoms. The Bertz CT molecular complexity index is 192. The second-order valence-electron chi connectivity index (χ2n) is 2.95. The molecule has 1 aliphatic carbocycles. The van der Waals surface area contributed by atoms with Crippen LogP contribution in [-0.2, 0) is 0 Å². The van der Waals surface area contributed by atoms with E-state index in [1.807, 2.05) is 0 Å². The summed E-state index contributed by atoms with van der Waals surface area (Å²) in [5.41, 5.74) is 0. The van der Waals surface area contributed by atoms with Gasteiger partial charge in [0, 0.05) is 0 Å². The molecule has 0 aliphatic heterocycles. The maximum absolute atomic E-state index is 8.56. The fourth-order valence-electron chi connectivity index (χ4n) is 1.05. The van der Waals surface area contributed by atoms with Crippen molar-refractivity contribution in [3.05, 3.63) is 13.2 Å². The van der Waals surface area contributed by atoms with E-state index in [0.717, 1.165) is 0 Å². The first-order valence-electron chi connectivity index (χ1n) is 4.46. The molecular weight excluding hydrogens is 369 g/mol. The second-order valence-corrected chi connectivity index (χ2v) is 5.97. The van der Waals surface area contributed by atoms with E-state index in [2.05, 4.69) is 13.2 Å². The number of halogens is 6. The minimum Gasteiger partial charge on any atom is -0.450 e. The topological polar surface area (TPSA) is 57.5 Å².